The molecule has 0 atom stereocenters. The zero-order valence-corrected chi connectivity index (χ0v) is 19.1. The van der Waals surface area contributed by atoms with Crippen molar-refractivity contribution in [1.29, 1.82) is 0 Å². The van der Waals surface area contributed by atoms with Gasteiger partial charge in [-0.05, 0) is 42.8 Å². The summed E-state index contributed by atoms with van der Waals surface area (Å²) in [5.74, 6) is 1.29. The number of carbonyl (C=O) groups is 1. The van der Waals surface area contributed by atoms with Crippen LogP contribution < -0.4 is 5.32 Å². The summed E-state index contributed by atoms with van der Waals surface area (Å²) >= 11 is 11.9. The van der Waals surface area contributed by atoms with Gasteiger partial charge in [0.15, 0.2) is 0 Å². The number of hydrogen-bond acceptors (Lipinski definition) is 6. The lowest BCUT2D eigenvalue weighted by Gasteiger charge is -2.07. The van der Waals surface area contributed by atoms with Crippen LogP contribution in [-0.2, 0) is 17.8 Å². The Morgan fingerprint density at radius 1 is 1.03 bits per heavy atom. The van der Waals surface area contributed by atoms with E-state index in [0.29, 0.717) is 46.1 Å². The molecular formula is C23H21Cl2N5O3. The Bertz CT molecular complexity index is 1220. The Morgan fingerprint density at radius 3 is 2.36 bits per heavy atom. The molecule has 0 spiro atoms. The first kappa shape index (κ1) is 23.0. The number of nitrogens with one attached hydrogen (secondary N) is 1. The van der Waals surface area contributed by atoms with Gasteiger partial charge in [0.25, 0.3) is 0 Å². The highest BCUT2D eigenvalue weighted by Gasteiger charge is 2.14. The van der Waals surface area contributed by atoms with E-state index in [2.05, 4.69) is 20.6 Å². The normalized spacial score (nSPS) is 11.0. The van der Waals surface area contributed by atoms with Gasteiger partial charge in [-0.3, -0.25) is 4.79 Å². The maximum atomic E-state index is 12.5. The molecule has 4 aromatic rings. The van der Waals surface area contributed by atoms with Crippen LogP contribution in [0.1, 0.15) is 18.7 Å². The lowest BCUT2D eigenvalue weighted by Crippen LogP contribution is -2.16. The minimum Gasteiger partial charge on any atom is -0.394 e. The van der Waals surface area contributed by atoms with E-state index in [1.54, 1.807) is 35.0 Å². The molecule has 0 saturated carbocycles. The second kappa shape index (κ2) is 10.6. The van der Waals surface area contributed by atoms with Crippen molar-refractivity contribution in [2.75, 3.05) is 11.9 Å². The number of hydrogen-bond donors (Lipinski definition) is 2. The Balaban J connectivity index is 1.34. The molecular weight excluding hydrogens is 465 g/mol. The fraction of sp³-hybridized carbons (Fsp3) is 0.217. The highest BCUT2D eigenvalue weighted by Crippen LogP contribution is 2.24. The van der Waals surface area contributed by atoms with Crippen molar-refractivity contribution in [3.8, 4) is 22.6 Å². The Morgan fingerprint density at radius 2 is 1.70 bits per heavy atom. The van der Waals surface area contributed by atoms with Crippen LogP contribution in [-0.4, -0.2) is 37.5 Å². The van der Waals surface area contributed by atoms with Crippen LogP contribution in [0.3, 0.4) is 0 Å². The van der Waals surface area contributed by atoms with Crippen LogP contribution in [0.4, 0.5) is 5.82 Å². The number of aliphatic hydroxyl groups is 1. The highest BCUT2D eigenvalue weighted by molar-refractivity contribution is 6.30. The number of benzene rings is 2. The zero-order valence-electron chi connectivity index (χ0n) is 17.5. The van der Waals surface area contributed by atoms with Crippen molar-refractivity contribution < 1.29 is 14.4 Å². The minimum absolute atomic E-state index is 0.0995. The molecule has 4 rings (SSSR count). The van der Waals surface area contributed by atoms with E-state index in [1.807, 2.05) is 24.3 Å². The molecule has 0 radical (unpaired) electrons. The van der Waals surface area contributed by atoms with Crippen molar-refractivity contribution in [1.82, 2.24) is 19.9 Å². The van der Waals surface area contributed by atoms with E-state index < -0.39 is 0 Å². The van der Waals surface area contributed by atoms with Crippen LogP contribution in [0.5, 0.6) is 0 Å². The first-order valence-corrected chi connectivity index (χ1v) is 11.1. The van der Waals surface area contributed by atoms with Crippen molar-refractivity contribution >= 4 is 34.9 Å². The fourth-order valence-corrected chi connectivity index (χ4v) is 3.47. The third-order valence-electron chi connectivity index (χ3n) is 4.86. The molecule has 0 unspecified atom stereocenters. The molecule has 0 aliphatic heterocycles. The van der Waals surface area contributed by atoms with Crippen molar-refractivity contribution in [2.45, 2.75) is 25.8 Å². The molecule has 0 bridgehead atoms. The first-order valence-electron chi connectivity index (χ1n) is 10.3. The molecule has 2 aromatic carbocycles. The number of aliphatic hydroxyl groups excluding tert-OH is 1. The zero-order chi connectivity index (χ0) is 23.2. The van der Waals surface area contributed by atoms with Gasteiger partial charge in [-0.2, -0.15) is 10.1 Å². The van der Waals surface area contributed by atoms with Gasteiger partial charge in [0.05, 0.1) is 18.8 Å². The van der Waals surface area contributed by atoms with Crippen molar-refractivity contribution in [3.63, 3.8) is 0 Å². The van der Waals surface area contributed by atoms with E-state index >= 15 is 0 Å². The van der Waals surface area contributed by atoms with E-state index in [4.69, 9.17) is 27.7 Å². The van der Waals surface area contributed by atoms with Crippen LogP contribution >= 0.6 is 23.2 Å². The van der Waals surface area contributed by atoms with Crippen molar-refractivity contribution in [3.05, 3.63) is 70.5 Å². The van der Waals surface area contributed by atoms with Gasteiger partial charge in [0.2, 0.25) is 17.6 Å². The third-order valence-corrected chi connectivity index (χ3v) is 5.37. The quantitative estimate of drug-likeness (QED) is 0.350. The number of halogens is 2. The Hall–Kier alpha value is -3.20. The number of anilines is 1. The lowest BCUT2D eigenvalue weighted by atomic mass is 10.1. The maximum Gasteiger partial charge on any atom is 0.226 e. The number of rotatable bonds is 9. The summed E-state index contributed by atoms with van der Waals surface area (Å²) in [7, 11) is 0. The van der Waals surface area contributed by atoms with Crippen LogP contribution in [0, 0.1) is 0 Å². The van der Waals surface area contributed by atoms with Gasteiger partial charge < -0.3 is 14.9 Å². The molecule has 2 aromatic heterocycles. The Labute approximate surface area is 200 Å². The fourth-order valence-electron chi connectivity index (χ4n) is 3.22. The van der Waals surface area contributed by atoms with Crippen LogP contribution in [0.15, 0.2) is 59.1 Å². The second-order valence-electron chi connectivity index (χ2n) is 7.29. The average molecular weight is 486 g/mol. The molecule has 0 aliphatic carbocycles. The highest BCUT2D eigenvalue weighted by atomic mass is 35.5. The molecule has 0 aliphatic rings. The number of aromatic nitrogens is 4. The monoisotopic (exact) mass is 485 g/mol. The summed E-state index contributed by atoms with van der Waals surface area (Å²) < 4.78 is 6.85. The Kier molecular flexibility index (Phi) is 7.39. The molecule has 10 heteroatoms. The topological polar surface area (TPSA) is 106 Å². The standard InChI is InChI=1S/C23H21Cl2N5O3/c24-17-8-4-15(5-9-17)19-14-20(30(28-19)12-13-31)26-21(32)2-1-3-22-27-23(29-33-22)16-6-10-18(25)11-7-16/h4-11,14,31H,1-3,12-13H2,(H,26,32). The molecule has 170 valence electrons. The molecule has 0 fully saturated rings. The summed E-state index contributed by atoms with van der Waals surface area (Å²) in [6.45, 7) is 0.163. The number of amides is 1. The number of carbonyl (C=O) groups excluding carboxylic acids is 1. The SMILES string of the molecule is O=C(CCCc1nc(-c2ccc(Cl)cc2)no1)Nc1cc(-c2ccc(Cl)cc2)nn1CCO. The first-order chi connectivity index (χ1) is 16.0. The summed E-state index contributed by atoms with van der Waals surface area (Å²) in [6.07, 6.45) is 1.27. The van der Waals surface area contributed by atoms with Crippen molar-refractivity contribution in [2.24, 2.45) is 0 Å². The van der Waals surface area contributed by atoms with E-state index in [9.17, 15) is 9.90 Å². The predicted octanol–water partition coefficient (Wildman–Crippen LogP) is 4.86. The van der Waals surface area contributed by atoms with Gasteiger partial charge in [0.1, 0.15) is 5.82 Å². The smallest absolute Gasteiger partial charge is 0.226 e. The van der Waals surface area contributed by atoms with Gasteiger partial charge in [-0.1, -0.05) is 40.5 Å². The van der Waals surface area contributed by atoms with Gasteiger partial charge in [-0.15, -0.1) is 0 Å². The molecule has 8 nitrogen and oxygen atoms in total. The summed E-state index contributed by atoms with van der Waals surface area (Å²) in [5.41, 5.74) is 2.34. The minimum atomic E-state index is -0.172. The summed E-state index contributed by atoms with van der Waals surface area (Å²) in [6, 6.07) is 16.2. The number of nitrogens with zero attached hydrogens (tertiary/aromatic N) is 4. The summed E-state index contributed by atoms with van der Waals surface area (Å²) in [5, 5.41) is 21.9. The van der Waals surface area contributed by atoms with Gasteiger partial charge in [0, 0.05) is 40.1 Å². The van der Waals surface area contributed by atoms with Crippen LogP contribution in [0.25, 0.3) is 22.6 Å². The molecule has 2 heterocycles. The molecule has 0 saturated heterocycles. The summed E-state index contributed by atoms with van der Waals surface area (Å²) in [4.78, 5) is 16.9. The second-order valence-corrected chi connectivity index (χ2v) is 8.16. The maximum absolute atomic E-state index is 12.5. The molecule has 2 N–H and O–H groups in total. The third kappa shape index (κ3) is 5.98. The van der Waals surface area contributed by atoms with Crippen LogP contribution in [0.2, 0.25) is 10.0 Å². The lowest BCUT2D eigenvalue weighted by molar-refractivity contribution is -0.116. The molecule has 33 heavy (non-hydrogen) atoms. The number of aryl methyl sites for hydroxylation is 1. The van der Waals surface area contributed by atoms with E-state index in [1.165, 1.54) is 0 Å². The molecule has 1 amide bonds. The predicted molar refractivity (Wildman–Crippen MR) is 126 cm³/mol. The van der Waals surface area contributed by atoms with E-state index in [0.717, 1.165) is 11.1 Å². The van der Waals surface area contributed by atoms with Gasteiger partial charge in [-0.25, -0.2) is 4.68 Å². The average Bonchev–Trinajstić information content (AvgIpc) is 3.43. The largest absolute Gasteiger partial charge is 0.394 e. The van der Waals surface area contributed by atoms with Gasteiger partial charge >= 0.3 is 0 Å². The van der Waals surface area contributed by atoms with E-state index in [-0.39, 0.29) is 25.5 Å².